The molecule has 2 rings (SSSR count). The first-order valence-electron chi connectivity index (χ1n) is 9.78. The van der Waals surface area contributed by atoms with Gasteiger partial charge in [-0.05, 0) is 35.1 Å². The number of aliphatic hydroxyl groups excluding tert-OH is 2. The van der Waals surface area contributed by atoms with Crippen LogP contribution in [0.2, 0.25) is 0 Å². The molecule has 0 saturated carbocycles. The topological polar surface area (TPSA) is 77.8 Å². The maximum Gasteiger partial charge on any atom is 0.305 e. The molecular formula is C23H29FO4S. The van der Waals surface area contributed by atoms with E-state index in [1.807, 2.05) is 6.08 Å². The van der Waals surface area contributed by atoms with Crippen molar-refractivity contribution in [1.29, 1.82) is 0 Å². The summed E-state index contributed by atoms with van der Waals surface area (Å²) in [4.78, 5) is 13.1. The molecule has 158 valence electrons. The highest BCUT2D eigenvalue weighted by Gasteiger charge is 2.22. The maximum absolute atomic E-state index is 13.5. The Bertz CT molecular complexity index is 853. The molecule has 0 aliphatic rings. The van der Waals surface area contributed by atoms with Gasteiger partial charge >= 0.3 is 5.97 Å². The second-order valence-corrected chi connectivity index (χ2v) is 8.93. The van der Waals surface area contributed by atoms with Crippen molar-refractivity contribution >= 4 is 23.4 Å². The average Bonchev–Trinajstić information content (AvgIpc) is 3.00. The Morgan fingerprint density at radius 3 is 2.17 bits per heavy atom. The molecule has 0 bridgehead atoms. The molecule has 1 aromatic heterocycles. The number of benzene rings is 1. The molecule has 1 heterocycles. The number of rotatable bonds is 9. The van der Waals surface area contributed by atoms with E-state index in [9.17, 15) is 19.4 Å². The van der Waals surface area contributed by atoms with E-state index in [0.717, 1.165) is 16.7 Å². The zero-order valence-corrected chi connectivity index (χ0v) is 18.0. The fourth-order valence-electron chi connectivity index (χ4n) is 3.25. The highest BCUT2D eigenvalue weighted by atomic mass is 32.1. The first-order valence-corrected chi connectivity index (χ1v) is 10.6. The fraction of sp³-hybridized carbons (Fsp3) is 0.435. The van der Waals surface area contributed by atoms with E-state index in [2.05, 4.69) is 27.7 Å². The molecule has 0 saturated heterocycles. The maximum atomic E-state index is 13.5. The number of hydrogen-bond donors (Lipinski definition) is 3. The minimum atomic E-state index is -1.11. The van der Waals surface area contributed by atoms with Gasteiger partial charge in [0.25, 0.3) is 0 Å². The number of carbonyl (C=O) groups is 1. The predicted octanol–water partition coefficient (Wildman–Crippen LogP) is 5.40. The molecule has 4 nitrogen and oxygen atoms in total. The summed E-state index contributed by atoms with van der Waals surface area (Å²) < 4.78 is 13.5. The van der Waals surface area contributed by atoms with Crippen LogP contribution >= 0.6 is 11.3 Å². The summed E-state index contributed by atoms with van der Waals surface area (Å²) in [5.74, 6) is -0.851. The number of aliphatic carboxylic acids is 1. The van der Waals surface area contributed by atoms with Gasteiger partial charge in [-0.3, -0.25) is 4.79 Å². The van der Waals surface area contributed by atoms with Gasteiger partial charge in [-0.15, -0.1) is 11.3 Å². The van der Waals surface area contributed by atoms with Gasteiger partial charge in [-0.1, -0.05) is 52.0 Å². The summed E-state index contributed by atoms with van der Waals surface area (Å²) in [6.07, 6.45) is 0.908. The van der Waals surface area contributed by atoms with E-state index in [-0.39, 0.29) is 24.1 Å². The predicted molar refractivity (Wildman–Crippen MR) is 116 cm³/mol. The zero-order chi connectivity index (χ0) is 21.7. The number of thiophene rings is 1. The zero-order valence-electron chi connectivity index (χ0n) is 17.2. The van der Waals surface area contributed by atoms with Crippen LogP contribution in [0.3, 0.4) is 0 Å². The SMILES string of the molecule is CC(C)c1sc(C(C)C)c(-c2ccc(F)cc2)c1/C=C/[C@@H](O)C[C@@H](O)CC(=O)O. The third-order valence-electron chi connectivity index (χ3n) is 4.59. The van der Waals surface area contributed by atoms with Crippen molar-refractivity contribution in [2.24, 2.45) is 0 Å². The largest absolute Gasteiger partial charge is 0.481 e. The lowest BCUT2D eigenvalue weighted by Crippen LogP contribution is -2.19. The van der Waals surface area contributed by atoms with Gasteiger partial charge in [0.05, 0.1) is 18.6 Å². The molecule has 0 aliphatic heterocycles. The normalized spacial score (nSPS) is 14.1. The van der Waals surface area contributed by atoms with Crippen molar-refractivity contribution < 1.29 is 24.5 Å². The Hall–Kier alpha value is -2.02. The quantitative estimate of drug-likeness (QED) is 0.507. The van der Waals surface area contributed by atoms with Crippen molar-refractivity contribution in [3.63, 3.8) is 0 Å². The van der Waals surface area contributed by atoms with E-state index in [0.29, 0.717) is 0 Å². The Morgan fingerprint density at radius 2 is 1.66 bits per heavy atom. The van der Waals surface area contributed by atoms with Crippen LogP contribution in [0, 0.1) is 5.82 Å². The lowest BCUT2D eigenvalue weighted by Gasteiger charge is -2.12. The van der Waals surface area contributed by atoms with Crippen molar-refractivity contribution in [1.82, 2.24) is 0 Å². The monoisotopic (exact) mass is 420 g/mol. The van der Waals surface area contributed by atoms with E-state index in [4.69, 9.17) is 5.11 Å². The van der Waals surface area contributed by atoms with Crippen LogP contribution in [0.15, 0.2) is 30.3 Å². The van der Waals surface area contributed by atoms with E-state index in [1.54, 1.807) is 29.5 Å². The molecule has 29 heavy (non-hydrogen) atoms. The van der Waals surface area contributed by atoms with E-state index in [1.165, 1.54) is 21.9 Å². The molecule has 0 fully saturated rings. The van der Waals surface area contributed by atoms with Gasteiger partial charge < -0.3 is 15.3 Å². The molecule has 0 radical (unpaired) electrons. The lowest BCUT2D eigenvalue weighted by molar-refractivity contribution is -0.139. The molecule has 2 atom stereocenters. The molecule has 6 heteroatoms. The van der Waals surface area contributed by atoms with Crippen LogP contribution in [0.1, 0.15) is 67.7 Å². The second kappa shape index (κ2) is 10.1. The van der Waals surface area contributed by atoms with E-state index >= 15 is 0 Å². The molecule has 1 aromatic carbocycles. The molecular weight excluding hydrogens is 391 g/mol. The fourth-order valence-corrected chi connectivity index (χ4v) is 4.56. The summed E-state index contributed by atoms with van der Waals surface area (Å²) >= 11 is 1.72. The second-order valence-electron chi connectivity index (χ2n) is 7.85. The van der Waals surface area contributed by atoms with Crippen LogP contribution < -0.4 is 0 Å². The van der Waals surface area contributed by atoms with Crippen molar-refractivity contribution in [2.45, 2.75) is 64.6 Å². The Balaban J connectivity index is 2.45. The molecule has 0 unspecified atom stereocenters. The van der Waals surface area contributed by atoms with Gasteiger partial charge in [0, 0.05) is 21.7 Å². The minimum Gasteiger partial charge on any atom is -0.481 e. The van der Waals surface area contributed by atoms with Gasteiger partial charge in [-0.25, -0.2) is 4.39 Å². The Labute approximate surface area is 175 Å². The molecule has 0 amide bonds. The third-order valence-corrected chi connectivity index (χ3v) is 6.40. The highest BCUT2D eigenvalue weighted by molar-refractivity contribution is 7.13. The number of halogens is 1. The summed E-state index contributed by atoms with van der Waals surface area (Å²) in [6.45, 7) is 8.45. The van der Waals surface area contributed by atoms with Crippen LogP contribution in [0.4, 0.5) is 4.39 Å². The van der Waals surface area contributed by atoms with Crippen molar-refractivity contribution in [2.75, 3.05) is 0 Å². The standard InChI is InChI=1S/C23H29FO4S/c1-13(2)22-19(10-9-17(25)11-18(26)12-20(27)28)21(23(29-22)14(3)4)15-5-7-16(24)8-6-15/h5-10,13-14,17-18,25-26H,11-12H2,1-4H3,(H,27,28)/b10-9+/t17-,18-/m1/s1. The summed E-state index contributed by atoms with van der Waals surface area (Å²) in [5.41, 5.74) is 2.92. The summed E-state index contributed by atoms with van der Waals surface area (Å²) in [6, 6.07) is 6.41. The van der Waals surface area contributed by atoms with E-state index < -0.39 is 24.6 Å². The van der Waals surface area contributed by atoms with Crippen molar-refractivity contribution in [3.05, 3.63) is 51.5 Å². The molecule has 3 N–H and O–H groups in total. The van der Waals surface area contributed by atoms with Crippen molar-refractivity contribution in [3.8, 4) is 11.1 Å². The summed E-state index contributed by atoms with van der Waals surface area (Å²) in [7, 11) is 0. The number of carboxylic acids is 1. The van der Waals surface area contributed by atoms with Crippen LogP contribution in [0.5, 0.6) is 0 Å². The lowest BCUT2D eigenvalue weighted by atomic mass is 9.93. The third kappa shape index (κ3) is 6.23. The first-order chi connectivity index (χ1) is 13.6. The average molecular weight is 421 g/mol. The number of hydrogen-bond acceptors (Lipinski definition) is 4. The molecule has 0 spiro atoms. The minimum absolute atomic E-state index is 0.0487. The van der Waals surface area contributed by atoms with Crippen LogP contribution in [0.25, 0.3) is 17.2 Å². The van der Waals surface area contributed by atoms with Crippen LogP contribution in [-0.4, -0.2) is 33.5 Å². The Morgan fingerprint density at radius 1 is 1.07 bits per heavy atom. The molecule has 0 aliphatic carbocycles. The first kappa shape index (κ1) is 23.3. The van der Waals surface area contributed by atoms with Gasteiger partial charge in [-0.2, -0.15) is 0 Å². The highest BCUT2D eigenvalue weighted by Crippen LogP contribution is 2.44. The van der Waals surface area contributed by atoms with Gasteiger partial charge in [0.2, 0.25) is 0 Å². The summed E-state index contributed by atoms with van der Waals surface area (Å²) in [5, 5.41) is 28.8. The Kier molecular flexibility index (Phi) is 8.14. The molecule has 2 aromatic rings. The van der Waals surface area contributed by atoms with Gasteiger partial charge in [0.15, 0.2) is 0 Å². The van der Waals surface area contributed by atoms with Gasteiger partial charge in [0.1, 0.15) is 5.82 Å². The number of carboxylic acid groups (broad SMARTS) is 1. The smallest absolute Gasteiger partial charge is 0.305 e. The number of aliphatic hydroxyl groups is 2. The van der Waals surface area contributed by atoms with Crippen LogP contribution in [-0.2, 0) is 4.79 Å².